The summed E-state index contributed by atoms with van der Waals surface area (Å²) in [6.07, 6.45) is -4.45. The molecule has 2 aromatic carbocycles. The lowest BCUT2D eigenvalue weighted by molar-refractivity contribution is -0.137. The second-order valence-corrected chi connectivity index (χ2v) is 7.51. The van der Waals surface area contributed by atoms with Crippen LogP contribution in [0.1, 0.15) is 17.0 Å². The minimum Gasteiger partial charge on any atom is -0.383 e. The van der Waals surface area contributed by atoms with E-state index in [1.807, 2.05) is 30.3 Å². The molecule has 3 N–H and O–H groups in total. The monoisotopic (exact) mass is 472 g/mol. The highest BCUT2D eigenvalue weighted by Crippen LogP contribution is 2.30. The van der Waals surface area contributed by atoms with Gasteiger partial charge < -0.3 is 15.2 Å². The Morgan fingerprint density at radius 1 is 1.09 bits per heavy atom. The van der Waals surface area contributed by atoms with E-state index in [-0.39, 0.29) is 36.3 Å². The van der Waals surface area contributed by atoms with Gasteiger partial charge in [-0.05, 0) is 17.7 Å². The van der Waals surface area contributed by atoms with Gasteiger partial charge in [-0.2, -0.15) is 18.2 Å². The van der Waals surface area contributed by atoms with E-state index < -0.39 is 23.0 Å². The first-order valence-electron chi connectivity index (χ1n) is 10.0. The molecule has 4 rings (SSSR count). The Morgan fingerprint density at radius 3 is 2.41 bits per heavy atom. The standard InChI is InChI=1S/C22H19F3N6O3/c1-30(12-16-27-19(29-34-16)14-7-9-15(10-8-14)22(23,24)25)17-18(26)31(21(33)28-20(17)32)11-13-5-3-2-4-6-13/h2-10H,11-12,26H2,1H3,(H,28,32,33). The summed E-state index contributed by atoms with van der Waals surface area (Å²) < 4.78 is 44.7. The molecule has 2 heterocycles. The molecule has 176 valence electrons. The third kappa shape index (κ3) is 4.70. The largest absolute Gasteiger partial charge is 0.416 e. The Morgan fingerprint density at radius 2 is 1.76 bits per heavy atom. The second kappa shape index (κ2) is 8.89. The SMILES string of the molecule is CN(Cc1nc(-c2ccc(C(F)(F)F)cc2)no1)c1c(N)n(Cc2ccccc2)c(=O)[nH]c1=O. The normalized spacial score (nSPS) is 11.5. The third-order valence-corrected chi connectivity index (χ3v) is 5.09. The average molecular weight is 472 g/mol. The van der Waals surface area contributed by atoms with Gasteiger partial charge in [0.15, 0.2) is 0 Å². The van der Waals surface area contributed by atoms with Crippen LogP contribution in [0.5, 0.6) is 0 Å². The molecule has 9 nitrogen and oxygen atoms in total. The van der Waals surface area contributed by atoms with Crippen LogP contribution < -0.4 is 21.9 Å². The molecule has 12 heteroatoms. The molecule has 0 aliphatic rings. The van der Waals surface area contributed by atoms with Crippen molar-refractivity contribution in [1.29, 1.82) is 0 Å². The van der Waals surface area contributed by atoms with Crippen molar-refractivity contribution in [2.24, 2.45) is 0 Å². The van der Waals surface area contributed by atoms with Gasteiger partial charge in [-0.25, -0.2) is 4.79 Å². The highest BCUT2D eigenvalue weighted by molar-refractivity contribution is 5.62. The van der Waals surface area contributed by atoms with Crippen LogP contribution in [0.2, 0.25) is 0 Å². The van der Waals surface area contributed by atoms with Gasteiger partial charge in [0.25, 0.3) is 5.56 Å². The number of aromatic nitrogens is 4. The van der Waals surface area contributed by atoms with Gasteiger partial charge in [0.2, 0.25) is 11.7 Å². The van der Waals surface area contributed by atoms with E-state index in [1.165, 1.54) is 21.6 Å². The topological polar surface area (TPSA) is 123 Å². The summed E-state index contributed by atoms with van der Waals surface area (Å²) in [6, 6.07) is 13.4. The molecule has 0 atom stereocenters. The number of hydrogen-bond donors (Lipinski definition) is 2. The lowest BCUT2D eigenvalue weighted by Crippen LogP contribution is -2.37. The van der Waals surface area contributed by atoms with E-state index in [0.717, 1.165) is 17.7 Å². The number of nitrogen functional groups attached to an aromatic ring is 1. The van der Waals surface area contributed by atoms with Crippen molar-refractivity contribution in [3.8, 4) is 11.4 Å². The Bertz CT molecular complexity index is 1410. The lowest BCUT2D eigenvalue weighted by Gasteiger charge is -2.20. The molecule has 0 bridgehead atoms. The van der Waals surface area contributed by atoms with Crippen LogP contribution in [0.4, 0.5) is 24.7 Å². The summed E-state index contributed by atoms with van der Waals surface area (Å²) in [5.41, 5.74) is 5.23. The second-order valence-electron chi connectivity index (χ2n) is 7.51. The van der Waals surface area contributed by atoms with Crippen LogP contribution in [-0.2, 0) is 19.3 Å². The van der Waals surface area contributed by atoms with Gasteiger partial charge in [0, 0.05) is 12.6 Å². The zero-order valence-corrected chi connectivity index (χ0v) is 17.8. The molecule has 0 saturated carbocycles. The predicted molar refractivity (Wildman–Crippen MR) is 118 cm³/mol. The van der Waals surface area contributed by atoms with E-state index in [4.69, 9.17) is 10.3 Å². The fraction of sp³-hybridized carbons (Fsp3) is 0.182. The molecule has 0 spiro atoms. The highest BCUT2D eigenvalue weighted by Gasteiger charge is 2.30. The number of nitrogens with zero attached hydrogens (tertiary/aromatic N) is 4. The maximum atomic E-state index is 12.8. The highest BCUT2D eigenvalue weighted by atomic mass is 19.4. The van der Waals surface area contributed by atoms with Gasteiger partial charge in [-0.1, -0.05) is 47.6 Å². The van der Waals surface area contributed by atoms with E-state index >= 15 is 0 Å². The molecule has 34 heavy (non-hydrogen) atoms. The number of H-pyrrole nitrogens is 1. The average Bonchev–Trinajstić information content (AvgIpc) is 3.25. The summed E-state index contributed by atoms with van der Waals surface area (Å²) in [6.45, 7) is 0.117. The van der Waals surface area contributed by atoms with Gasteiger partial charge in [-0.15, -0.1) is 0 Å². The predicted octanol–water partition coefficient (Wildman–Crippen LogP) is 2.87. The van der Waals surface area contributed by atoms with Crippen LogP contribution >= 0.6 is 0 Å². The smallest absolute Gasteiger partial charge is 0.383 e. The number of nitrogens with two attached hydrogens (primary N) is 1. The fourth-order valence-corrected chi connectivity index (χ4v) is 3.40. The van der Waals surface area contributed by atoms with Gasteiger partial charge >= 0.3 is 11.9 Å². The Hall–Kier alpha value is -4.35. The van der Waals surface area contributed by atoms with Crippen molar-refractivity contribution in [3.63, 3.8) is 0 Å². The zero-order valence-electron chi connectivity index (χ0n) is 17.8. The molecule has 0 saturated heterocycles. The molecule has 0 amide bonds. The first kappa shape index (κ1) is 22.8. The van der Waals surface area contributed by atoms with E-state index in [9.17, 15) is 22.8 Å². The molecule has 0 fully saturated rings. The molecule has 0 unspecified atom stereocenters. The molecule has 0 radical (unpaired) electrons. The van der Waals surface area contributed by atoms with E-state index in [2.05, 4.69) is 15.1 Å². The zero-order chi connectivity index (χ0) is 24.5. The number of rotatable bonds is 6. The number of benzene rings is 2. The van der Waals surface area contributed by atoms with Crippen molar-refractivity contribution in [2.45, 2.75) is 19.3 Å². The molecular formula is C22H19F3N6O3. The van der Waals surface area contributed by atoms with Crippen LogP contribution in [0.25, 0.3) is 11.4 Å². The quantitative estimate of drug-likeness (QED) is 0.442. The molecular weight excluding hydrogens is 453 g/mol. The summed E-state index contributed by atoms with van der Waals surface area (Å²) in [5, 5.41) is 3.79. The Labute approximate surface area is 190 Å². The number of hydrogen-bond acceptors (Lipinski definition) is 7. The lowest BCUT2D eigenvalue weighted by atomic mass is 10.1. The van der Waals surface area contributed by atoms with E-state index in [1.54, 1.807) is 7.05 Å². The van der Waals surface area contributed by atoms with Crippen molar-refractivity contribution in [2.75, 3.05) is 17.7 Å². The molecule has 2 aromatic heterocycles. The molecule has 0 aliphatic carbocycles. The van der Waals surface area contributed by atoms with Crippen LogP contribution in [0.15, 0.2) is 68.7 Å². The third-order valence-electron chi connectivity index (χ3n) is 5.09. The summed E-state index contributed by atoms with van der Waals surface area (Å²) in [5.74, 6) is 0.146. The number of alkyl halides is 3. The van der Waals surface area contributed by atoms with E-state index in [0.29, 0.717) is 5.56 Å². The van der Waals surface area contributed by atoms with Crippen molar-refractivity contribution in [1.82, 2.24) is 19.7 Å². The van der Waals surface area contributed by atoms with Crippen LogP contribution in [0, 0.1) is 0 Å². The van der Waals surface area contributed by atoms with Crippen molar-refractivity contribution in [3.05, 3.63) is 92.5 Å². The van der Waals surface area contributed by atoms with Crippen molar-refractivity contribution >= 4 is 11.5 Å². The number of aromatic amines is 1. The van der Waals surface area contributed by atoms with Crippen molar-refractivity contribution < 1.29 is 17.7 Å². The summed E-state index contributed by atoms with van der Waals surface area (Å²) in [7, 11) is 1.56. The van der Waals surface area contributed by atoms with Gasteiger partial charge in [0.05, 0.1) is 18.7 Å². The number of anilines is 2. The summed E-state index contributed by atoms with van der Waals surface area (Å²) in [4.78, 5) is 32.7. The minimum absolute atomic E-state index is 0.0322. The Balaban J connectivity index is 1.57. The summed E-state index contributed by atoms with van der Waals surface area (Å²) >= 11 is 0. The molecule has 4 aromatic rings. The number of nitrogens with one attached hydrogen (secondary N) is 1. The van der Waals surface area contributed by atoms with Crippen LogP contribution in [-0.4, -0.2) is 26.7 Å². The molecule has 0 aliphatic heterocycles. The fourth-order valence-electron chi connectivity index (χ4n) is 3.40. The first-order valence-corrected chi connectivity index (χ1v) is 10.0. The Kier molecular flexibility index (Phi) is 5.97. The van der Waals surface area contributed by atoms with Gasteiger partial charge in [-0.3, -0.25) is 14.3 Å². The maximum Gasteiger partial charge on any atom is 0.416 e. The van der Waals surface area contributed by atoms with Crippen LogP contribution in [0.3, 0.4) is 0 Å². The van der Waals surface area contributed by atoms with Gasteiger partial charge in [0.1, 0.15) is 11.5 Å². The minimum atomic E-state index is -4.45. The maximum absolute atomic E-state index is 12.8. The number of halogens is 3. The first-order chi connectivity index (χ1) is 16.1.